The maximum absolute atomic E-state index is 13.8. The largest absolute Gasteiger partial charge is 0.573 e. The minimum Gasteiger partial charge on any atom is -0.489 e. The van der Waals surface area contributed by atoms with Crippen molar-refractivity contribution in [2.45, 2.75) is 13.0 Å². The number of ketones is 1. The van der Waals surface area contributed by atoms with E-state index in [4.69, 9.17) is 16.3 Å². The summed E-state index contributed by atoms with van der Waals surface area (Å²) in [6.45, 7) is -0.103. The maximum Gasteiger partial charge on any atom is 0.573 e. The Hall–Kier alpha value is -3.52. The van der Waals surface area contributed by atoms with Crippen LogP contribution in [-0.4, -0.2) is 12.1 Å². The van der Waals surface area contributed by atoms with Gasteiger partial charge in [0.2, 0.25) is 0 Å². The molecule has 0 aromatic heterocycles. The monoisotopic (exact) mass is 465 g/mol. The van der Waals surface area contributed by atoms with Crippen LogP contribution in [0.3, 0.4) is 0 Å². The van der Waals surface area contributed by atoms with Crippen molar-refractivity contribution in [3.8, 4) is 11.5 Å². The highest BCUT2D eigenvalue weighted by atomic mass is 35.5. The van der Waals surface area contributed by atoms with Crippen LogP contribution < -0.4 is 14.8 Å². The van der Waals surface area contributed by atoms with Gasteiger partial charge >= 0.3 is 6.36 Å². The number of halogens is 5. The SMILES string of the molecule is O=C(C=CNc1ccc(OC(F)(F)F)cc1)c1cccc(OCc2c(F)cccc2Cl)c1. The molecular weight excluding hydrogens is 450 g/mol. The first-order valence-corrected chi connectivity index (χ1v) is 9.58. The number of ether oxygens (including phenoxy) is 2. The Balaban J connectivity index is 1.58. The van der Waals surface area contributed by atoms with Crippen molar-refractivity contribution >= 4 is 23.1 Å². The number of carbonyl (C=O) groups excluding carboxylic acids is 1. The second-order valence-corrected chi connectivity index (χ2v) is 6.84. The topological polar surface area (TPSA) is 47.6 Å². The van der Waals surface area contributed by atoms with E-state index in [1.165, 1.54) is 42.6 Å². The molecule has 0 unspecified atom stereocenters. The molecule has 32 heavy (non-hydrogen) atoms. The van der Waals surface area contributed by atoms with Crippen molar-refractivity contribution < 1.29 is 31.8 Å². The Morgan fingerprint density at radius 3 is 2.41 bits per heavy atom. The predicted octanol–water partition coefficient (Wildman–Crippen LogP) is 6.77. The standard InChI is InChI=1S/C23H16ClF4NO3/c24-20-5-2-6-21(25)19(20)14-31-18-4-1-3-15(13-18)22(30)11-12-29-16-7-9-17(10-8-16)32-23(26,27)28/h1-13,29H,14H2. The second kappa shape index (κ2) is 10.2. The summed E-state index contributed by atoms with van der Waals surface area (Å²) in [6, 6.07) is 15.7. The molecular formula is C23H16ClF4NO3. The van der Waals surface area contributed by atoms with Crippen LogP contribution in [0.15, 0.2) is 79.0 Å². The molecule has 0 atom stereocenters. The molecule has 3 rings (SSSR count). The van der Waals surface area contributed by atoms with Crippen LogP contribution in [0.1, 0.15) is 15.9 Å². The molecule has 9 heteroatoms. The van der Waals surface area contributed by atoms with E-state index >= 15 is 0 Å². The molecule has 0 spiro atoms. The van der Waals surface area contributed by atoms with Crippen molar-refractivity contribution in [2.24, 2.45) is 0 Å². The molecule has 166 valence electrons. The first-order valence-electron chi connectivity index (χ1n) is 9.20. The van der Waals surface area contributed by atoms with Crippen molar-refractivity contribution in [3.63, 3.8) is 0 Å². The average molecular weight is 466 g/mol. The van der Waals surface area contributed by atoms with Gasteiger partial charge in [0.1, 0.15) is 23.9 Å². The van der Waals surface area contributed by atoms with Gasteiger partial charge in [0.15, 0.2) is 5.78 Å². The highest BCUT2D eigenvalue weighted by molar-refractivity contribution is 6.31. The highest BCUT2D eigenvalue weighted by Gasteiger charge is 2.30. The van der Waals surface area contributed by atoms with Gasteiger partial charge in [-0.2, -0.15) is 0 Å². The van der Waals surface area contributed by atoms with Crippen LogP contribution in [0.25, 0.3) is 0 Å². The number of rotatable bonds is 8. The molecule has 0 saturated heterocycles. The summed E-state index contributed by atoms with van der Waals surface area (Å²) in [6.07, 6.45) is -2.15. The second-order valence-electron chi connectivity index (χ2n) is 6.43. The minimum atomic E-state index is -4.76. The molecule has 0 bridgehead atoms. The van der Waals surface area contributed by atoms with Crippen LogP contribution in [0.4, 0.5) is 23.2 Å². The fourth-order valence-electron chi connectivity index (χ4n) is 2.63. The van der Waals surface area contributed by atoms with Crippen LogP contribution in [-0.2, 0) is 6.61 Å². The summed E-state index contributed by atoms with van der Waals surface area (Å²) in [7, 11) is 0. The summed E-state index contributed by atoms with van der Waals surface area (Å²) in [5.74, 6) is -0.825. The Labute approximate surface area is 186 Å². The third-order valence-electron chi connectivity index (χ3n) is 4.14. The predicted molar refractivity (Wildman–Crippen MR) is 112 cm³/mol. The molecule has 0 aliphatic carbocycles. The van der Waals surface area contributed by atoms with Gasteiger partial charge in [0.25, 0.3) is 0 Å². The molecule has 4 nitrogen and oxygen atoms in total. The van der Waals surface area contributed by atoms with Crippen LogP contribution in [0, 0.1) is 5.82 Å². The van der Waals surface area contributed by atoms with Gasteiger partial charge in [-0.1, -0.05) is 29.8 Å². The van der Waals surface area contributed by atoms with Gasteiger partial charge in [-0.15, -0.1) is 13.2 Å². The number of hydrogen-bond acceptors (Lipinski definition) is 4. The number of nitrogens with one attached hydrogen (secondary N) is 1. The summed E-state index contributed by atoms with van der Waals surface area (Å²) in [5.41, 5.74) is 0.998. The van der Waals surface area contributed by atoms with E-state index in [1.54, 1.807) is 24.3 Å². The molecule has 1 N–H and O–H groups in total. The molecule has 3 aromatic rings. The van der Waals surface area contributed by atoms with Gasteiger partial charge in [-0.3, -0.25) is 4.79 Å². The van der Waals surface area contributed by atoms with Gasteiger partial charge in [-0.25, -0.2) is 4.39 Å². The Bertz CT molecular complexity index is 1090. The Morgan fingerprint density at radius 1 is 1.00 bits per heavy atom. The van der Waals surface area contributed by atoms with Crippen molar-refractivity contribution in [3.05, 3.63) is 101 Å². The van der Waals surface area contributed by atoms with Crippen LogP contribution in [0.5, 0.6) is 11.5 Å². The molecule has 3 aromatic carbocycles. The van der Waals surface area contributed by atoms with Crippen molar-refractivity contribution in [1.82, 2.24) is 0 Å². The van der Waals surface area contributed by atoms with E-state index < -0.39 is 12.2 Å². The van der Waals surface area contributed by atoms with Crippen molar-refractivity contribution in [1.29, 1.82) is 0 Å². The van der Waals surface area contributed by atoms with Crippen LogP contribution >= 0.6 is 11.6 Å². The van der Waals surface area contributed by atoms with Gasteiger partial charge in [0.05, 0.1) is 5.02 Å². The fourth-order valence-corrected chi connectivity index (χ4v) is 2.85. The van der Waals surface area contributed by atoms with E-state index in [0.717, 1.165) is 12.1 Å². The average Bonchev–Trinajstić information content (AvgIpc) is 2.74. The highest BCUT2D eigenvalue weighted by Crippen LogP contribution is 2.24. The molecule has 0 aliphatic heterocycles. The normalized spacial score (nSPS) is 11.4. The molecule has 0 heterocycles. The Morgan fingerprint density at radius 2 is 1.72 bits per heavy atom. The summed E-state index contributed by atoms with van der Waals surface area (Å²) in [4.78, 5) is 12.4. The van der Waals surface area contributed by atoms with E-state index in [9.17, 15) is 22.4 Å². The number of carbonyl (C=O) groups is 1. The van der Waals surface area contributed by atoms with E-state index in [0.29, 0.717) is 17.0 Å². The number of benzene rings is 3. The number of alkyl halides is 3. The van der Waals surface area contributed by atoms with E-state index in [1.807, 2.05) is 0 Å². The molecule has 0 saturated carbocycles. The lowest BCUT2D eigenvalue weighted by Gasteiger charge is -2.09. The number of allylic oxidation sites excluding steroid dienone is 1. The zero-order valence-corrected chi connectivity index (χ0v) is 17.1. The Kier molecular flexibility index (Phi) is 7.37. The van der Waals surface area contributed by atoms with Crippen molar-refractivity contribution in [2.75, 3.05) is 5.32 Å². The third kappa shape index (κ3) is 6.75. The maximum atomic E-state index is 13.8. The van der Waals surface area contributed by atoms with E-state index in [2.05, 4.69) is 10.1 Å². The van der Waals surface area contributed by atoms with Gasteiger partial charge in [-0.05, 0) is 48.5 Å². The summed E-state index contributed by atoms with van der Waals surface area (Å²) in [5, 5.41) is 3.02. The first-order chi connectivity index (χ1) is 15.2. The zero-order valence-electron chi connectivity index (χ0n) is 16.3. The first kappa shape index (κ1) is 23.1. The summed E-state index contributed by atoms with van der Waals surface area (Å²) < 4.78 is 59.7. The molecule has 0 amide bonds. The quantitative estimate of drug-likeness (QED) is 0.227. The smallest absolute Gasteiger partial charge is 0.489 e. The zero-order chi connectivity index (χ0) is 23.1. The lowest BCUT2D eigenvalue weighted by Crippen LogP contribution is -2.16. The lowest BCUT2D eigenvalue weighted by atomic mass is 10.1. The summed E-state index contributed by atoms with van der Waals surface area (Å²) >= 11 is 5.97. The number of hydrogen-bond donors (Lipinski definition) is 1. The third-order valence-corrected chi connectivity index (χ3v) is 4.49. The minimum absolute atomic E-state index is 0.103. The lowest BCUT2D eigenvalue weighted by molar-refractivity contribution is -0.274. The molecule has 0 fully saturated rings. The van der Waals surface area contributed by atoms with Gasteiger partial charge < -0.3 is 14.8 Å². The molecule has 0 radical (unpaired) electrons. The fraction of sp³-hybridized carbons (Fsp3) is 0.0870. The number of anilines is 1. The van der Waals surface area contributed by atoms with Gasteiger partial charge in [0, 0.05) is 29.1 Å². The van der Waals surface area contributed by atoms with E-state index in [-0.39, 0.29) is 28.7 Å². The van der Waals surface area contributed by atoms with Crippen LogP contribution in [0.2, 0.25) is 5.02 Å². The molecule has 0 aliphatic rings.